The highest BCUT2D eigenvalue weighted by Crippen LogP contribution is 2.42. The number of nitrogens with zero attached hydrogens (tertiary/aromatic N) is 5. The minimum atomic E-state index is 0.628. The number of hydrogen-bond acceptors (Lipinski definition) is 6. The molecule has 6 aromatic carbocycles. The zero-order chi connectivity index (χ0) is 32.6. The van der Waals surface area contributed by atoms with Gasteiger partial charge in [0.15, 0.2) is 17.5 Å². The molecule has 0 radical (unpaired) electrons. The molecule has 0 aliphatic heterocycles. The maximum Gasteiger partial charge on any atom is 0.164 e. The van der Waals surface area contributed by atoms with Crippen LogP contribution in [-0.2, 0) is 0 Å². The SMILES string of the molecule is c1ccc(-c2nc(-c3ccccc3)nc(-c3cccc(-c4cccc(-c5ncnc6c5sc5c(-c7ccccc7)cccc56)c4)c3)n2)cc1. The summed E-state index contributed by atoms with van der Waals surface area (Å²) in [6.45, 7) is 0. The normalized spacial score (nSPS) is 11.3. The van der Waals surface area contributed by atoms with Crippen LogP contribution in [0.25, 0.3) is 88.0 Å². The van der Waals surface area contributed by atoms with E-state index in [4.69, 9.17) is 24.9 Å². The Bertz CT molecular complexity index is 2540. The van der Waals surface area contributed by atoms with Crippen LogP contribution in [0, 0.1) is 0 Å². The van der Waals surface area contributed by atoms with Crippen LogP contribution >= 0.6 is 11.3 Å². The fourth-order valence-corrected chi connectivity index (χ4v) is 7.57. The maximum absolute atomic E-state index is 4.95. The summed E-state index contributed by atoms with van der Waals surface area (Å²) < 4.78 is 2.30. The summed E-state index contributed by atoms with van der Waals surface area (Å²) in [6.07, 6.45) is 1.68. The predicted octanol–water partition coefficient (Wildman–Crippen LogP) is 11.0. The van der Waals surface area contributed by atoms with E-state index in [1.54, 1.807) is 17.7 Å². The number of hydrogen-bond donors (Lipinski definition) is 0. The molecule has 0 spiro atoms. The Morgan fingerprint density at radius 1 is 0.367 bits per heavy atom. The smallest absolute Gasteiger partial charge is 0.164 e. The molecule has 0 bridgehead atoms. The van der Waals surface area contributed by atoms with Gasteiger partial charge >= 0.3 is 0 Å². The van der Waals surface area contributed by atoms with Gasteiger partial charge in [-0.05, 0) is 34.4 Å². The van der Waals surface area contributed by atoms with Crippen LogP contribution in [0.3, 0.4) is 0 Å². The molecular formula is C43H27N5S. The largest absolute Gasteiger partial charge is 0.235 e. The Morgan fingerprint density at radius 3 is 1.49 bits per heavy atom. The molecule has 49 heavy (non-hydrogen) atoms. The zero-order valence-electron chi connectivity index (χ0n) is 26.2. The van der Waals surface area contributed by atoms with Gasteiger partial charge < -0.3 is 0 Å². The molecule has 0 saturated heterocycles. The standard InChI is InChI=1S/C43H27N5S/c1-4-13-28(14-5-1)35-23-12-24-36-38-40(49-39(35)36)37(44-27-45-38)33-21-10-19-31(25-33)32-20-11-22-34(26-32)43-47-41(29-15-6-2-7-16-29)46-42(48-43)30-17-8-3-9-18-30/h1-27H. The van der Waals surface area contributed by atoms with Crippen molar-refractivity contribution in [3.05, 3.63) is 164 Å². The lowest BCUT2D eigenvalue weighted by Gasteiger charge is -2.10. The lowest BCUT2D eigenvalue weighted by molar-refractivity contribution is 1.07. The molecule has 0 atom stereocenters. The van der Waals surface area contributed by atoms with E-state index in [9.17, 15) is 0 Å². The summed E-state index contributed by atoms with van der Waals surface area (Å²) in [5.41, 5.74) is 10.3. The van der Waals surface area contributed by atoms with Crippen LogP contribution in [0.1, 0.15) is 0 Å². The summed E-state index contributed by atoms with van der Waals surface area (Å²) >= 11 is 1.76. The minimum Gasteiger partial charge on any atom is -0.235 e. The van der Waals surface area contributed by atoms with E-state index in [1.807, 2.05) is 60.7 Å². The molecular weight excluding hydrogens is 619 g/mol. The third-order valence-electron chi connectivity index (χ3n) is 8.65. The highest BCUT2D eigenvalue weighted by molar-refractivity contribution is 7.26. The molecule has 9 rings (SSSR count). The van der Waals surface area contributed by atoms with Gasteiger partial charge in [0, 0.05) is 32.3 Å². The summed E-state index contributed by atoms with van der Waals surface area (Å²) in [5, 5.41) is 1.15. The number of fused-ring (bicyclic) bond motifs is 3. The molecule has 0 amide bonds. The van der Waals surface area contributed by atoms with Crippen molar-refractivity contribution >= 4 is 31.6 Å². The average Bonchev–Trinajstić information content (AvgIpc) is 3.58. The van der Waals surface area contributed by atoms with Crippen molar-refractivity contribution in [3.63, 3.8) is 0 Å². The predicted molar refractivity (Wildman–Crippen MR) is 201 cm³/mol. The first-order valence-corrected chi connectivity index (χ1v) is 16.9. The summed E-state index contributed by atoms with van der Waals surface area (Å²) in [7, 11) is 0. The van der Waals surface area contributed by atoms with Gasteiger partial charge in [-0.15, -0.1) is 11.3 Å². The summed E-state index contributed by atoms with van der Waals surface area (Å²) in [5.74, 6) is 1.91. The van der Waals surface area contributed by atoms with Crippen LogP contribution in [0.15, 0.2) is 164 Å². The Hall–Kier alpha value is -6.37. The average molecular weight is 646 g/mol. The monoisotopic (exact) mass is 645 g/mol. The van der Waals surface area contributed by atoms with Crippen LogP contribution < -0.4 is 0 Å². The Morgan fingerprint density at radius 2 is 0.857 bits per heavy atom. The second-order valence-corrected chi connectivity index (χ2v) is 12.8. The molecule has 3 heterocycles. The van der Waals surface area contributed by atoms with Gasteiger partial charge in [-0.2, -0.15) is 0 Å². The third-order valence-corrected chi connectivity index (χ3v) is 9.89. The molecule has 0 fully saturated rings. The van der Waals surface area contributed by atoms with Crippen molar-refractivity contribution in [1.82, 2.24) is 24.9 Å². The van der Waals surface area contributed by atoms with Gasteiger partial charge in [0.05, 0.1) is 15.9 Å². The Kier molecular flexibility index (Phi) is 7.26. The first-order valence-electron chi connectivity index (χ1n) is 16.1. The molecule has 6 heteroatoms. The van der Waals surface area contributed by atoms with E-state index in [2.05, 4.69) is 97.1 Å². The Balaban J connectivity index is 1.13. The topological polar surface area (TPSA) is 64.5 Å². The number of thiophene rings is 1. The second kappa shape index (κ2) is 12.3. The van der Waals surface area contributed by atoms with Gasteiger partial charge in [0.25, 0.3) is 0 Å². The van der Waals surface area contributed by atoms with Crippen LogP contribution in [0.5, 0.6) is 0 Å². The van der Waals surface area contributed by atoms with E-state index >= 15 is 0 Å². The first-order chi connectivity index (χ1) is 24.3. The van der Waals surface area contributed by atoms with Crippen molar-refractivity contribution < 1.29 is 0 Å². The number of rotatable bonds is 6. The van der Waals surface area contributed by atoms with Crippen LogP contribution in [-0.4, -0.2) is 24.9 Å². The second-order valence-electron chi connectivity index (χ2n) is 11.8. The molecule has 9 aromatic rings. The van der Waals surface area contributed by atoms with Gasteiger partial charge in [0.1, 0.15) is 6.33 Å². The van der Waals surface area contributed by atoms with Gasteiger partial charge in [-0.1, -0.05) is 146 Å². The van der Waals surface area contributed by atoms with Crippen molar-refractivity contribution in [3.8, 4) is 67.7 Å². The zero-order valence-corrected chi connectivity index (χ0v) is 27.0. The highest BCUT2D eigenvalue weighted by atomic mass is 32.1. The van der Waals surface area contributed by atoms with E-state index in [1.165, 1.54) is 15.8 Å². The summed E-state index contributed by atoms with van der Waals surface area (Å²) in [4.78, 5) is 24.3. The maximum atomic E-state index is 4.95. The van der Waals surface area contributed by atoms with Crippen LogP contribution in [0.2, 0.25) is 0 Å². The van der Waals surface area contributed by atoms with Crippen molar-refractivity contribution in [2.75, 3.05) is 0 Å². The van der Waals surface area contributed by atoms with Crippen molar-refractivity contribution in [2.24, 2.45) is 0 Å². The first kappa shape index (κ1) is 28.8. The molecule has 0 aliphatic carbocycles. The fourth-order valence-electron chi connectivity index (χ4n) is 6.27. The minimum absolute atomic E-state index is 0.628. The number of benzene rings is 6. The lowest BCUT2D eigenvalue weighted by Crippen LogP contribution is -2.00. The van der Waals surface area contributed by atoms with E-state index < -0.39 is 0 Å². The fraction of sp³-hybridized carbons (Fsp3) is 0. The van der Waals surface area contributed by atoms with E-state index in [0.29, 0.717) is 17.5 Å². The van der Waals surface area contributed by atoms with E-state index in [0.717, 1.165) is 54.7 Å². The van der Waals surface area contributed by atoms with Gasteiger partial charge in [0.2, 0.25) is 0 Å². The quantitative estimate of drug-likeness (QED) is 0.180. The summed E-state index contributed by atoms with van der Waals surface area (Å²) in [6, 6.07) is 54.1. The molecule has 0 unspecified atom stereocenters. The highest BCUT2D eigenvalue weighted by Gasteiger charge is 2.17. The Labute approximate surface area is 287 Å². The molecule has 5 nitrogen and oxygen atoms in total. The van der Waals surface area contributed by atoms with Crippen molar-refractivity contribution in [2.45, 2.75) is 0 Å². The van der Waals surface area contributed by atoms with Crippen LogP contribution in [0.4, 0.5) is 0 Å². The molecule has 3 aromatic heterocycles. The molecule has 0 saturated carbocycles. The van der Waals surface area contributed by atoms with Gasteiger partial charge in [-0.3, -0.25) is 0 Å². The van der Waals surface area contributed by atoms with E-state index in [-0.39, 0.29) is 0 Å². The molecule has 230 valence electrons. The van der Waals surface area contributed by atoms with Gasteiger partial charge in [-0.25, -0.2) is 24.9 Å². The molecule has 0 aliphatic rings. The lowest BCUT2D eigenvalue weighted by atomic mass is 9.99. The third kappa shape index (κ3) is 5.44. The molecule has 0 N–H and O–H groups in total. The number of aromatic nitrogens is 5. The van der Waals surface area contributed by atoms with Crippen molar-refractivity contribution in [1.29, 1.82) is 0 Å².